The number of hydrogen-bond donors (Lipinski definition) is 0. The molecule has 0 unspecified atom stereocenters. The summed E-state index contributed by atoms with van der Waals surface area (Å²) in [6.45, 7) is 7.61. The summed E-state index contributed by atoms with van der Waals surface area (Å²) >= 11 is 0. The smallest absolute Gasteiger partial charge is 0.309 e. The number of carbonyl (C=O) groups is 1. The minimum absolute atomic E-state index is 0.0950. The summed E-state index contributed by atoms with van der Waals surface area (Å²) in [6, 6.07) is 8.34. The normalized spacial score (nSPS) is 19.3. The molecule has 28 heavy (non-hydrogen) atoms. The Balaban J connectivity index is 1.67. The first-order valence-electron chi connectivity index (χ1n) is 10.3. The number of esters is 1. The molecule has 3 rings (SSSR count). The molecule has 2 fully saturated rings. The largest absolute Gasteiger partial charge is 0.466 e. The summed E-state index contributed by atoms with van der Waals surface area (Å²) in [5.41, 5.74) is 2.27. The van der Waals surface area contributed by atoms with Crippen LogP contribution in [0.2, 0.25) is 0 Å². The van der Waals surface area contributed by atoms with E-state index in [1.165, 1.54) is 5.56 Å². The van der Waals surface area contributed by atoms with Gasteiger partial charge in [0.05, 0.1) is 12.5 Å². The average molecular weight is 409 g/mol. The highest BCUT2D eigenvalue weighted by Crippen LogP contribution is 2.33. The Kier molecular flexibility index (Phi) is 6.78. The van der Waals surface area contributed by atoms with Crippen LogP contribution in [0.3, 0.4) is 0 Å². The van der Waals surface area contributed by atoms with E-state index >= 15 is 0 Å². The summed E-state index contributed by atoms with van der Waals surface area (Å²) < 4.78 is 34.9. The molecule has 0 radical (unpaired) electrons. The second kappa shape index (κ2) is 8.93. The highest BCUT2D eigenvalue weighted by Gasteiger charge is 2.42. The molecule has 1 saturated heterocycles. The zero-order chi connectivity index (χ0) is 20.3. The molecular weight excluding hydrogens is 376 g/mol. The van der Waals surface area contributed by atoms with E-state index in [0.717, 1.165) is 18.4 Å². The van der Waals surface area contributed by atoms with Crippen molar-refractivity contribution in [2.75, 3.05) is 19.7 Å². The number of ether oxygens (including phenoxy) is 1. The lowest BCUT2D eigenvalue weighted by molar-refractivity contribution is -0.149. The fraction of sp³-hybridized carbons (Fsp3) is 0.667. The highest BCUT2D eigenvalue weighted by atomic mass is 32.2. The molecule has 0 bridgehead atoms. The zero-order valence-corrected chi connectivity index (χ0v) is 18.0. The molecule has 0 aromatic heterocycles. The summed E-state index contributed by atoms with van der Waals surface area (Å²) in [4.78, 5) is 11.9. The van der Waals surface area contributed by atoms with Crippen LogP contribution in [0.5, 0.6) is 0 Å². The first-order chi connectivity index (χ1) is 13.3. The summed E-state index contributed by atoms with van der Waals surface area (Å²) in [7, 11) is -3.53. The summed E-state index contributed by atoms with van der Waals surface area (Å²) in [6.07, 6.45) is 2.89. The Morgan fingerprint density at radius 2 is 1.75 bits per heavy atom. The lowest BCUT2D eigenvalue weighted by Gasteiger charge is -2.34. The molecule has 1 heterocycles. The predicted molar refractivity (Wildman–Crippen MR) is 109 cm³/mol. The van der Waals surface area contributed by atoms with Gasteiger partial charge in [-0.2, -0.15) is 17.0 Å². The molecule has 7 heteroatoms. The van der Waals surface area contributed by atoms with Crippen molar-refractivity contribution in [1.82, 2.24) is 8.61 Å². The van der Waals surface area contributed by atoms with Crippen molar-refractivity contribution >= 4 is 16.2 Å². The minimum Gasteiger partial charge on any atom is -0.466 e. The minimum atomic E-state index is -3.53. The van der Waals surface area contributed by atoms with E-state index in [-0.39, 0.29) is 17.9 Å². The molecule has 1 aliphatic carbocycles. The van der Waals surface area contributed by atoms with E-state index in [0.29, 0.717) is 45.0 Å². The second-order valence-corrected chi connectivity index (χ2v) is 9.99. The Bertz CT molecular complexity index is 764. The highest BCUT2D eigenvalue weighted by molar-refractivity contribution is 7.86. The third-order valence-corrected chi connectivity index (χ3v) is 7.67. The van der Waals surface area contributed by atoms with E-state index in [4.69, 9.17) is 4.74 Å². The van der Waals surface area contributed by atoms with Gasteiger partial charge in [-0.05, 0) is 49.7 Å². The first-order valence-corrected chi connectivity index (χ1v) is 11.7. The Morgan fingerprint density at radius 1 is 1.14 bits per heavy atom. The summed E-state index contributed by atoms with van der Waals surface area (Å²) in [5.74, 6) is 0.0613. The van der Waals surface area contributed by atoms with Gasteiger partial charge in [-0.15, -0.1) is 0 Å². The van der Waals surface area contributed by atoms with E-state index < -0.39 is 10.2 Å². The van der Waals surface area contributed by atoms with Crippen molar-refractivity contribution < 1.29 is 17.9 Å². The van der Waals surface area contributed by atoms with Gasteiger partial charge in [0, 0.05) is 25.7 Å². The molecular formula is C21H32N2O4S. The van der Waals surface area contributed by atoms with Gasteiger partial charge in [-0.25, -0.2) is 0 Å². The molecule has 156 valence electrons. The standard InChI is InChI=1S/C21H32N2O4S/c1-4-27-21(24)19-11-13-22(14-12-19)28(25,26)23(20-9-10-20)15-17-5-7-18(8-6-17)16(2)3/h5-8,16,19-20H,4,9-15H2,1-3H3. The first kappa shape index (κ1) is 21.3. The maximum atomic E-state index is 13.3. The maximum Gasteiger partial charge on any atom is 0.309 e. The van der Waals surface area contributed by atoms with Gasteiger partial charge in [0.15, 0.2) is 0 Å². The van der Waals surface area contributed by atoms with Gasteiger partial charge >= 0.3 is 5.97 Å². The number of rotatable bonds is 8. The van der Waals surface area contributed by atoms with Crippen molar-refractivity contribution in [3.63, 3.8) is 0 Å². The molecule has 0 atom stereocenters. The second-order valence-electron chi connectivity index (χ2n) is 8.11. The number of carbonyl (C=O) groups excluding carboxylic acids is 1. The van der Waals surface area contributed by atoms with Crippen LogP contribution in [0.1, 0.15) is 63.5 Å². The van der Waals surface area contributed by atoms with Gasteiger partial charge in [0.25, 0.3) is 10.2 Å². The summed E-state index contributed by atoms with van der Waals surface area (Å²) in [5, 5.41) is 0. The molecule has 0 N–H and O–H groups in total. The number of benzene rings is 1. The van der Waals surface area contributed by atoms with Crippen LogP contribution < -0.4 is 0 Å². The molecule has 1 aromatic rings. The molecule has 1 saturated carbocycles. The zero-order valence-electron chi connectivity index (χ0n) is 17.1. The Morgan fingerprint density at radius 3 is 2.25 bits per heavy atom. The van der Waals surface area contributed by atoms with Crippen LogP contribution in [-0.4, -0.2) is 48.7 Å². The van der Waals surface area contributed by atoms with Crippen LogP contribution in [-0.2, 0) is 26.3 Å². The lowest BCUT2D eigenvalue weighted by Crippen LogP contribution is -2.48. The van der Waals surface area contributed by atoms with Crippen LogP contribution in [0.4, 0.5) is 0 Å². The van der Waals surface area contributed by atoms with Crippen LogP contribution >= 0.6 is 0 Å². The molecule has 6 nitrogen and oxygen atoms in total. The number of piperidine rings is 1. The number of nitrogens with zero attached hydrogens (tertiary/aromatic N) is 2. The maximum absolute atomic E-state index is 13.3. The van der Waals surface area contributed by atoms with Crippen molar-refractivity contribution in [1.29, 1.82) is 0 Å². The van der Waals surface area contributed by atoms with Gasteiger partial charge < -0.3 is 4.74 Å². The third kappa shape index (κ3) is 4.93. The molecule has 0 spiro atoms. The number of hydrogen-bond acceptors (Lipinski definition) is 4. The fourth-order valence-corrected chi connectivity index (χ4v) is 5.55. The topological polar surface area (TPSA) is 66.9 Å². The molecule has 1 aliphatic heterocycles. The van der Waals surface area contributed by atoms with E-state index in [2.05, 4.69) is 26.0 Å². The SMILES string of the molecule is CCOC(=O)C1CCN(S(=O)(=O)N(Cc2ccc(C(C)C)cc2)C2CC2)CC1. The van der Waals surface area contributed by atoms with Crippen molar-refractivity contribution in [3.8, 4) is 0 Å². The van der Waals surface area contributed by atoms with E-state index in [1.807, 2.05) is 12.1 Å². The molecule has 1 aromatic carbocycles. The van der Waals surface area contributed by atoms with Crippen LogP contribution in [0.15, 0.2) is 24.3 Å². The molecule has 2 aliphatic rings. The predicted octanol–water partition coefficient (Wildman–Crippen LogP) is 3.29. The third-order valence-electron chi connectivity index (χ3n) is 5.64. The van der Waals surface area contributed by atoms with Gasteiger partial charge in [0.1, 0.15) is 0 Å². The quantitative estimate of drug-likeness (QED) is 0.619. The Hall–Kier alpha value is -1.44. The average Bonchev–Trinajstić information content (AvgIpc) is 3.51. The van der Waals surface area contributed by atoms with E-state index in [9.17, 15) is 13.2 Å². The fourth-order valence-electron chi connectivity index (χ4n) is 3.68. The van der Waals surface area contributed by atoms with E-state index in [1.54, 1.807) is 15.5 Å². The monoisotopic (exact) mass is 408 g/mol. The molecule has 0 amide bonds. The van der Waals surface area contributed by atoms with Crippen molar-refractivity contribution in [2.45, 2.75) is 65.0 Å². The Labute approximate surface area is 169 Å². The van der Waals surface area contributed by atoms with Gasteiger partial charge in [-0.3, -0.25) is 4.79 Å². The van der Waals surface area contributed by atoms with Crippen molar-refractivity contribution in [2.24, 2.45) is 5.92 Å². The lowest BCUT2D eigenvalue weighted by atomic mass is 9.98. The van der Waals surface area contributed by atoms with Crippen molar-refractivity contribution in [3.05, 3.63) is 35.4 Å². The van der Waals surface area contributed by atoms with Gasteiger partial charge in [0.2, 0.25) is 0 Å². The van der Waals surface area contributed by atoms with Crippen LogP contribution in [0.25, 0.3) is 0 Å². The van der Waals surface area contributed by atoms with Crippen LogP contribution in [0, 0.1) is 5.92 Å². The van der Waals surface area contributed by atoms with Gasteiger partial charge in [-0.1, -0.05) is 38.1 Å².